The van der Waals surface area contributed by atoms with Crippen LogP contribution in [0, 0.1) is 5.92 Å². The molecule has 3 rings (SSSR count). The standard InChI is InChI=1S/C19H27NO3/c1-20(19(21)12-11-15-7-3-2-4-8-15)13-16-14-22-17-9-5-6-10-18(17)23-16/h5-6,9-10,15-16H,2-4,7-8,11-14H2,1H3. The van der Waals surface area contributed by atoms with E-state index in [0.29, 0.717) is 19.6 Å². The third-order valence-corrected chi connectivity index (χ3v) is 4.96. The van der Waals surface area contributed by atoms with Gasteiger partial charge in [-0.2, -0.15) is 0 Å². The summed E-state index contributed by atoms with van der Waals surface area (Å²) in [5, 5.41) is 0. The number of benzene rings is 1. The summed E-state index contributed by atoms with van der Waals surface area (Å²) in [6, 6.07) is 7.68. The first kappa shape index (κ1) is 16.2. The number of fused-ring (bicyclic) bond motifs is 1. The predicted octanol–water partition coefficient (Wildman–Crippen LogP) is 3.65. The molecule has 1 heterocycles. The summed E-state index contributed by atoms with van der Waals surface area (Å²) in [6.07, 6.45) is 8.24. The SMILES string of the molecule is CN(CC1COc2ccccc2O1)C(=O)CCC1CCCCC1. The number of hydrogen-bond acceptors (Lipinski definition) is 3. The van der Waals surface area contributed by atoms with Crippen LogP contribution >= 0.6 is 0 Å². The van der Waals surface area contributed by atoms with Crippen LogP contribution in [0.2, 0.25) is 0 Å². The van der Waals surface area contributed by atoms with Crippen molar-refractivity contribution in [3.63, 3.8) is 0 Å². The highest BCUT2D eigenvalue weighted by molar-refractivity contribution is 5.75. The van der Waals surface area contributed by atoms with Crippen molar-refractivity contribution >= 4 is 5.91 Å². The molecule has 1 aliphatic carbocycles. The first-order valence-electron chi connectivity index (χ1n) is 8.85. The molecule has 1 aromatic carbocycles. The van der Waals surface area contributed by atoms with Crippen LogP contribution in [-0.2, 0) is 4.79 Å². The monoisotopic (exact) mass is 317 g/mol. The molecule has 23 heavy (non-hydrogen) atoms. The van der Waals surface area contributed by atoms with Gasteiger partial charge in [-0.3, -0.25) is 4.79 Å². The van der Waals surface area contributed by atoms with Gasteiger partial charge in [0.2, 0.25) is 5.91 Å². The Morgan fingerprint density at radius 1 is 1.17 bits per heavy atom. The van der Waals surface area contributed by atoms with Gasteiger partial charge in [-0.05, 0) is 24.5 Å². The summed E-state index contributed by atoms with van der Waals surface area (Å²) in [5.74, 6) is 2.53. The maximum absolute atomic E-state index is 12.3. The Hall–Kier alpha value is -1.71. The van der Waals surface area contributed by atoms with Gasteiger partial charge in [-0.15, -0.1) is 0 Å². The molecule has 1 saturated carbocycles. The van der Waals surface area contributed by atoms with Gasteiger partial charge in [-0.25, -0.2) is 0 Å². The molecular weight excluding hydrogens is 290 g/mol. The van der Waals surface area contributed by atoms with Crippen LogP contribution in [0.3, 0.4) is 0 Å². The Kier molecular flexibility index (Phi) is 5.42. The molecular formula is C19H27NO3. The average Bonchev–Trinajstić information content (AvgIpc) is 2.60. The van der Waals surface area contributed by atoms with Crippen LogP contribution in [0.15, 0.2) is 24.3 Å². The first-order valence-corrected chi connectivity index (χ1v) is 8.85. The van der Waals surface area contributed by atoms with E-state index in [0.717, 1.165) is 23.8 Å². The van der Waals surface area contributed by atoms with Gasteiger partial charge in [0, 0.05) is 13.5 Å². The molecule has 1 amide bonds. The predicted molar refractivity (Wildman–Crippen MR) is 89.8 cm³/mol. The molecule has 126 valence electrons. The Morgan fingerprint density at radius 2 is 1.91 bits per heavy atom. The van der Waals surface area contributed by atoms with E-state index in [2.05, 4.69) is 0 Å². The molecule has 1 unspecified atom stereocenters. The van der Waals surface area contributed by atoms with Gasteiger partial charge in [0.05, 0.1) is 6.54 Å². The van der Waals surface area contributed by atoms with Crippen LogP contribution in [-0.4, -0.2) is 37.1 Å². The number of nitrogens with zero attached hydrogens (tertiary/aromatic N) is 1. The lowest BCUT2D eigenvalue weighted by molar-refractivity contribution is -0.131. The van der Waals surface area contributed by atoms with Crippen LogP contribution in [0.1, 0.15) is 44.9 Å². The highest BCUT2D eigenvalue weighted by Crippen LogP contribution is 2.31. The van der Waals surface area contributed by atoms with Crippen molar-refractivity contribution in [2.45, 2.75) is 51.0 Å². The quantitative estimate of drug-likeness (QED) is 0.832. The zero-order chi connectivity index (χ0) is 16.1. The summed E-state index contributed by atoms with van der Waals surface area (Å²) in [4.78, 5) is 14.1. The topological polar surface area (TPSA) is 38.8 Å². The van der Waals surface area contributed by atoms with Gasteiger partial charge >= 0.3 is 0 Å². The van der Waals surface area contributed by atoms with Crippen molar-refractivity contribution < 1.29 is 14.3 Å². The number of para-hydroxylation sites is 2. The number of hydrogen-bond donors (Lipinski definition) is 0. The zero-order valence-corrected chi connectivity index (χ0v) is 14.0. The number of amides is 1. The van der Waals surface area contributed by atoms with Crippen molar-refractivity contribution in [1.82, 2.24) is 4.90 Å². The summed E-state index contributed by atoms with van der Waals surface area (Å²) >= 11 is 0. The maximum atomic E-state index is 12.3. The minimum absolute atomic E-state index is 0.0893. The van der Waals surface area contributed by atoms with Crippen LogP contribution in [0.4, 0.5) is 0 Å². The largest absolute Gasteiger partial charge is 0.486 e. The van der Waals surface area contributed by atoms with E-state index in [1.54, 1.807) is 4.90 Å². The van der Waals surface area contributed by atoms with Crippen LogP contribution in [0.5, 0.6) is 11.5 Å². The molecule has 0 radical (unpaired) electrons. The minimum Gasteiger partial charge on any atom is -0.486 e. The van der Waals surface area contributed by atoms with E-state index in [1.165, 1.54) is 32.1 Å². The lowest BCUT2D eigenvalue weighted by Crippen LogP contribution is -2.41. The molecule has 1 atom stereocenters. The number of ether oxygens (including phenoxy) is 2. The van der Waals surface area contributed by atoms with E-state index >= 15 is 0 Å². The highest BCUT2D eigenvalue weighted by atomic mass is 16.6. The average molecular weight is 317 g/mol. The molecule has 4 nitrogen and oxygen atoms in total. The van der Waals surface area contributed by atoms with Crippen molar-refractivity contribution in [3.8, 4) is 11.5 Å². The Morgan fingerprint density at radius 3 is 2.70 bits per heavy atom. The van der Waals surface area contributed by atoms with Gasteiger partial charge in [0.1, 0.15) is 6.61 Å². The molecule has 0 N–H and O–H groups in total. The second-order valence-corrected chi connectivity index (χ2v) is 6.81. The minimum atomic E-state index is -0.0893. The lowest BCUT2D eigenvalue weighted by atomic mass is 9.86. The Bertz CT molecular complexity index is 525. The summed E-state index contributed by atoms with van der Waals surface area (Å²) in [6.45, 7) is 1.08. The Labute approximate surface area is 138 Å². The molecule has 0 saturated heterocycles. The van der Waals surface area contributed by atoms with Crippen molar-refractivity contribution in [2.75, 3.05) is 20.2 Å². The Balaban J connectivity index is 1.43. The molecule has 0 bridgehead atoms. The number of likely N-dealkylation sites (N-methyl/N-ethyl adjacent to an activating group) is 1. The smallest absolute Gasteiger partial charge is 0.222 e. The van der Waals surface area contributed by atoms with E-state index in [4.69, 9.17) is 9.47 Å². The summed E-state index contributed by atoms with van der Waals surface area (Å²) < 4.78 is 11.6. The third-order valence-electron chi connectivity index (χ3n) is 4.96. The first-order chi connectivity index (χ1) is 11.2. The van der Waals surface area contributed by atoms with Gasteiger partial charge in [0.25, 0.3) is 0 Å². The van der Waals surface area contributed by atoms with E-state index in [9.17, 15) is 4.79 Å². The van der Waals surface area contributed by atoms with E-state index < -0.39 is 0 Å². The molecule has 4 heteroatoms. The summed E-state index contributed by atoms with van der Waals surface area (Å²) in [7, 11) is 1.87. The number of rotatable bonds is 5. The molecule has 0 aromatic heterocycles. The second-order valence-electron chi connectivity index (χ2n) is 6.81. The van der Waals surface area contributed by atoms with Gasteiger partial charge in [0.15, 0.2) is 17.6 Å². The van der Waals surface area contributed by atoms with E-state index in [-0.39, 0.29) is 12.0 Å². The highest BCUT2D eigenvalue weighted by Gasteiger charge is 2.24. The fourth-order valence-corrected chi connectivity index (χ4v) is 3.55. The molecule has 2 aliphatic rings. The van der Waals surface area contributed by atoms with E-state index in [1.807, 2.05) is 31.3 Å². The van der Waals surface area contributed by atoms with Gasteiger partial charge in [-0.1, -0.05) is 44.2 Å². The molecule has 1 fully saturated rings. The van der Waals surface area contributed by atoms with Crippen molar-refractivity contribution in [1.29, 1.82) is 0 Å². The lowest BCUT2D eigenvalue weighted by Gasteiger charge is -2.30. The van der Waals surface area contributed by atoms with Gasteiger partial charge < -0.3 is 14.4 Å². The normalized spacial score (nSPS) is 21.0. The molecule has 1 aromatic rings. The third kappa shape index (κ3) is 4.40. The fraction of sp³-hybridized carbons (Fsp3) is 0.632. The zero-order valence-electron chi connectivity index (χ0n) is 14.0. The van der Waals surface area contributed by atoms with Crippen LogP contribution < -0.4 is 9.47 Å². The fourth-order valence-electron chi connectivity index (χ4n) is 3.55. The van der Waals surface area contributed by atoms with Crippen LogP contribution in [0.25, 0.3) is 0 Å². The molecule has 0 spiro atoms. The van der Waals surface area contributed by atoms with Crippen molar-refractivity contribution in [2.24, 2.45) is 5.92 Å². The van der Waals surface area contributed by atoms with Crippen molar-refractivity contribution in [3.05, 3.63) is 24.3 Å². The summed E-state index contributed by atoms with van der Waals surface area (Å²) in [5.41, 5.74) is 0. The molecule has 1 aliphatic heterocycles. The number of carbonyl (C=O) groups excluding carboxylic acids is 1. The number of carbonyl (C=O) groups is 1. The second kappa shape index (κ2) is 7.71. The maximum Gasteiger partial charge on any atom is 0.222 e.